The fourth-order valence-corrected chi connectivity index (χ4v) is 3.87. The smallest absolute Gasteiger partial charge is 0.259 e. The van der Waals surface area contributed by atoms with E-state index in [0.717, 1.165) is 35.0 Å². The highest BCUT2D eigenvalue weighted by Gasteiger charge is 2.19. The number of aromatic nitrogens is 4. The minimum atomic E-state index is -0.0704. The number of nitrogens with zero attached hydrogens (tertiary/aromatic N) is 4. The van der Waals surface area contributed by atoms with Gasteiger partial charge >= 0.3 is 0 Å². The van der Waals surface area contributed by atoms with E-state index in [9.17, 15) is 9.90 Å². The first kappa shape index (κ1) is 14.6. The first-order valence-corrected chi connectivity index (χ1v) is 8.32. The van der Waals surface area contributed by atoms with Crippen LogP contribution in [0.3, 0.4) is 0 Å². The standard InChI is InChI=1S/C15H17N5O2S/c1-9-4-12-14(22)16-13(17-15(12)23-9)7-19-2-3-20-11(6-19)5-10(8-21)18-20/h4-5,21H,2-3,6-8H2,1H3,(H,16,17,22). The van der Waals surface area contributed by atoms with E-state index in [1.54, 1.807) is 11.3 Å². The van der Waals surface area contributed by atoms with E-state index in [0.29, 0.717) is 23.4 Å². The average Bonchev–Trinajstić information content (AvgIpc) is 3.09. The Morgan fingerprint density at radius 2 is 2.26 bits per heavy atom. The molecule has 0 spiro atoms. The summed E-state index contributed by atoms with van der Waals surface area (Å²) < 4.78 is 1.93. The van der Waals surface area contributed by atoms with Crippen LogP contribution in [-0.2, 0) is 26.2 Å². The Hall–Kier alpha value is -2.03. The molecule has 3 aromatic heterocycles. The van der Waals surface area contributed by atoms with Crippen molar-refractivity contribution in [3.63, 3.8) is 0 Å². The molecule has 0 saturated heterocycles. The van der Waals surface area contributed by atoms with E-state index < -0.39 is 0 Å². The van der Waals surface area contributed by atoms with Crippen LogP contribution in [0.25, 0.3) is 10.2 Å². The third kappa shape index (κ3) is 2.69. The van der Waals surface area contributed by atoms with Crippen molar-refractivity contribution in [1.82, 2.24) is 24.6 Å². The zero-order chi connectivity index (χ0) is 16.0. The summed E-state index contributed by atoms with van der Waals surface area (Å²) in [5.41, 5.74) is 1.71. The van der Waals surface area contributed by atoms with Crippen LogP contribution in [0.5, 0.6) is 0 Å². The highest BCUT2D eigenvalue weighted by atomic mass is 32.1. The molecule has 3 aromatic rings. The lowest BCUT2D eigenvalue weighted by atomic mass is 10.3. The summed E-state index contributed by atoms with van der Waals surface area (Å²) in [5, 5.41) is 14.2. The number of aliphatic hydroxyl groups is 1. The molecule has 2 N–H and O–H groups in total. The molecule has 1 aliphatic heterocycles. The number of aliphatic hydroxyl groups excluding tert-OH is 1. The van der Waals surface area contributed by atoms with Gasteiger partial charge in [0.25, 0.3) is 5.56 Å². The molecule has 4 rings (SSSR count). The molecular weight excluding hydrogens is 314 g/mol. The lowest BCUT2D eigenvalue weighted by Gasteiger charge is -2.26. The normalized spacial score (nSPS) is 15.2. The van der Waals surface area contributed by atoms with Crippen LogP contribution in [0.4, 0.5) is 0 Å². The molecule has 1 aliphatic rings. The van der Waals surface area contributed by atoms with Gasteiger partial charge < -0.3 is 10.1 Å². The zero-order valence-electron chi connectivity index (χ0n) is 12.7. The van der Waals surface area contributed by atoms with Crippen LogP contribution in [0.15, 0.2) is 16.9 Å². The fourth-order valence-electron chi connectivity index (χ4n) is 2.98. The third-order valence-electron chi connectivity index (χ3n) is 4.04. The molecule has 0 amide bonds. The lowest BCUT2D eigenvalue weighted by molar-refractivity contribution is 0.200. The molecule has 8 heteroatoms. The number of fused-ring (bicyclic) bond motifs is 2. The summed E-state index contributed by atoms with van der Waals surface area (Å²) in [7, 11) is 0. The number of rotatable bonds is 3. The first-order chi connectivity index (χ1) is 11.1. The van der Waals surface area contributed by atoms with Crippen LogP contribution in [0.1, 0.15) is 22.1 Å². The van der Waals surface area contributed by atoms with Gasteiger partial charge in [-0.2, -0.15) is 5.10 Å². The second kappa shape index (κ2) is 5.55. The minimum Gasteiger partial charge on any atom is -0.390 e. The molecule has 0 atom stereocenters. The Morgan fingerprint density at radius 1 is 1.39 bits per heavy atom. The van der Waals surface area contributed by atoms with Gasteiger partial charge in [-0.25, -0.2) is 4.98 Å². The first-order valence-electron chi connectivity index (χ1n) is 7.50. The molecule has 0 aromatic carbocycles. The van der Waals surface area contributed by atoms with Gasteiger partial charge in [-0.05, 0) is 19.1 Å². The highest BCUT2D eigenvalue weighted by molar-refractivity contribution is 7.18. The molecule has 0 bridgehead atoms. The largest absolute Gasteiger partial charge is 0.390 e. The molecule has 0 fully saturated rings. The molecule has 4 heterocycles. The van der Waals surface area contributed by atoms with Crippen molar-refractivity contribution in [3.8, 4) is 0 Å². The van der Waals surface area contributed by atoms with Crippen molar-refractivity contribution in [3.05, 3.63) is 44.6 Å². The van der Waals surface area contributed by atoms with Crippen LogP contribution in [-0.4, -0.2) is 36.3 Å². The molecule has 23 heavy (non-hydrogen) atoms. The van der Waals surface area contributed by atoms with Crippen molar-refractivity contribution in [2.45, 2.75) is 33.2 Å². The van der Waals surface area contributed by atoms with Crippen LogP contribution in [0.2, 0.25) is 0 Å². The van der Waals surface area contributed by atoms with Gasteiger partial charge in [0.05, 0.1) is 36.5 Å². The van der Waals surface area contributed by atoms with Gasteiger partial charge in [-0.15, -0.1) is 11.3 Å². The Kier molecular flexibility index (Phi) is 3.51. The Bertz CT molecular complexity index is 926. The van der Waals surface area contributed by atoms with Gasteiger partial charge in [-0.3, -0.25) is 14.4 Å². The molecule has 0 radical (unpaired) electrons. The van der Waals surface area contributed by atoms with Crippen molar-refractivity contribution in [2.75, 3.05) is 6.54 Å². The van der Waals surface area contributed by atoms with Crippen molar-refractivity contribution < 1.29 is 5.11 Å². The van der Waals surface area contributed by atoms with Crippen LogP contribution >= 0.6 is 11.3 Å². The molecular formula is C15H17N5O2S. The number of hydrogen-bond acceptors (Lipinski definition) is 6. The van der Waals surface area contributed by atoms with Crippen molar-refractivity contribution in [2.24, 2.45) is 0 Å². The number of aryl methyl sites for hydroxylation is 1. The maximum Gasteiger partial charge on any atom is 0.259 e. The van der Waals surface area contributed by atoms with Crippen molar-refractivity contribution >= 4 is 21.6 Å². The van der Waals surface area contributed by atoms with E-state index in [-0.39, 0.29) is 12.2 Å². The maximum atomic E-state index is 12.1. The van der Waals surface area contributed by atoms with E-state index >= 15 is 0 Å². The topological polar surface area (TPSA) is 87.0 Å². The summed E-state index contributed by atoms with van der Waals surface area (Å²) in [4.78, 5) is 23.7. The van der Waals surface area contributed by atoms with E-state index in [1.807, 2.05) is 23.7 Å². The Morgan fingerprint density at radius 3 is 3.09 bits per heavy atom. The molecule has 7 nitrogen and oxygen atoms in total. The summed E-state index contributed by atoms with van der Waals surface area (Å²) in [6.07, 6.45) is 0. The molecule has 0 aliphatic carbocycles. The van der Waals surface area contributed by atoms with Crippen LogP contribution < -0.4 is 5.56 Å². The molecule has 0 unspecified atom stereocenters. The SMILES string of the molecule is Cc1cc2c(=O)[nH]c(CN3CCn4nc(CO)cc4C3)nc2s1. The molecule has 120 valence electrons. The second-order valence-electron chi connectivity index (χ2n) is 5.81. The van der Waals surface area contributed by atoms with E-state index in [4.69, 9.17) is 0 Å². The summed E-state index contributed by atoms with van der Waals surface area (Å²) in [5.74, 6) is 0.694. The number of nitrogens with one attached hydrogen (secondary N) is 1. The summed E-state index contributed by atoms with van der Waals surface area (Å²) in [6, 6.07) is 3.81. The van der Waals surface area contributed by atoms with Gasteiger partial charge in [0, 0.05) is 18.0 Å². The van der Waals surface area contributed by atoms with Crippen LogP contribution in [0, 0.1) is 6.92 Å². The lowest BCUT2D eigenvalue weighted by Crippen LogP contribution is -2.34. The summed E-state index contributed by atoms with van der Waals surface area (Å²) >= 11 is 1.55. The minimum absolute atomic E-state index is 0.0384. The third-order valence-corrected chi connectivity index (χ3v) is 4.98. The maximum absolute atomic E-state index is 12.1. The number of H-pyrrole nitrogens is 1. The number of aromatic amines is 1. The molecule has 0 saturated carbocycles. The zero-order valence-corrected chi connectivity index (χ0v) is 13.6. The highest BCUT2D eigenvalue weighted by Crippen LogP contribution is 2.21. The van der Waals surface area contributed by atoms with E-state index in [2.05, 4.69) is 20.0 Å². The number of thiophene rings is 1. The quantitative estimate of drug-likeness (QED) is 0.747. The predicted octanol–water partition coefficient (Wildman–Crippen LogP) is 0.998. The summed E-state index contributed by atoms with van der Waals surface area (Å²) in [6.45, 7) is 4.89. The van der Waals surface area contributed by atoms with Gasteiger partial charge in [0.15, 0.2) is 0 Å². The number of hydrogen-bond donors (Lipinski definition) is 2. The average molecular weight is 331 g/mol. The van der Waals surface area contributed by atoms with Crippen molar-refractivity contribution in [1.29, 1.82) is 0 Å². The van der Waals surface area contributed by atoms with E-state index in [1.165, 1.54) is 0 Å². The Balaban J connectivity index is 1.58. The van der Waals surface area contributed by atoms with Gasteiger partial charge in [0.2, 0.25) is 0 Å². The predicted molar refractivity (Wildman–Crippen MR) is 87.2 cm³/mol. The monoisotopic (exact) mass is 331 g/mol. The van der Waals surface area contributed by atoms with Gasteiger partial charge in [-0.1, -0.05) is 0 Å². The fraction of sp³-hybridized carbons (Fsp3) is 0.400. The van der Waals surface area contributed by atoms with Gasteiger partial charge in [0.1, 0.15) is 10.7 Å². The second-order valence-corrected chi connectivity index (χ2v) is 7.04. The Labute approximate surface area is 136 Å².